The zero-order valence-electron chi connectivity index (χ0n) is 19.9. The number of ether oxygens (including phenoxy) is 1. The van der Waals surface area contributed by atoms with Crippen LogP contribution in [0.3, 0.4) is 0 Å². The van der Waals surface area contributed by atoms with Crippen LogP contribution in [0.5, 0.6) is 5.75 Å². The first kappa shape index (κ1) is 23.2. The molecule has 0 aromatic heterocycles. The first-order valence-corrected chi connectivity index (χ1v) is 12.0. The van der Waals surface area contributed by atoms with E-state index in [2.05, 4.69) is 80.5 Å². The number of hydrogen-bond donors (Lipinski definition) is 1. The van der Waals surface area contributed by atoms with Crippen LogP contribution in [-0.4, -0.2) is 24.2 Å². The van der Waals surface area contributed by atoms with Crippen molar-refractivity contribution < 1.29 is 14.6 Å². The van der Waals surface area contributed by atoms with Crippen molar-refractivity contribution in [2.45, 2.75) is 45.4 Å². The smallest absolute Gasteiger partial charge is 0.341 e. The number of carbonyl (C=O) groups is 1. The molecule has 33 heavy (non-hydrogen) atoms. The molecule has 0 spiro atoms. The molecule has 1 aliphatic heterocycles. The molecule has 1 N–H and O–H groups in total. The van der Waals surface area contributed by atoms with Gasteiger partial charge in [0.25, 0.3) is 0 Å². The van der Waals surface area contributed by atoms with Crippen molar-refractivity contribution >= 4 is 23.6 Å². The van der Waals surface area contributed by atoms with Gasteiger partial charge in [-0.3, -0.25) is 0 Å². The molecule has 0 bridgehead atoms. The summed E-state index contributed by atoms with van der Waals surface area (Å²) in [5, 5.41) is 8.86. The first-order valence-electron chi connectivity index (χ1n) is 11.2. The number of aliphatic carboxylic acids is 1. The third-order valence-corrected chi connectivity index (χ3v) is 7.19. The molecular weight excluding hydrogens is 430 g/mol. The Morgan fingerprint density at radius 1 is 1.03 bits per heavy atom. The predicted molar refractivity (Wildman–Crippen MR) is 136 cm³/mol. The van der Waals surface area contributed by atoms with E-state index in [1.165, 1.54) is 27.9 Å². The SMILES string of the molecule is Cc1ccc(-c2ccc3c(c2)C(C(C)(C)C)CN3Sc2ccc(OCC(=O)O)c(C)c2)cc1. The highest BCUT2D eigenvalue weighted by Gasteiger charge is 2.37. The van der Waals surface area contributed by atoms with Gasteiger partial charge in [-0.25, -0.2) is 4.79 Å². The number of rotatable bonds is 6. The summed E-state index contributed by atoms with van der Waals surface area (Å²) in [6.45, 7) is 11.6. The molecule has 4 rings (SSSR count). The minimum Gasteiger partial charge on any atom is -0.482 e. The van der Waals surface area contributed by atoms with Gasteiger partial charge in [0.1, 0.15) is 5.75 Å². The summed E-state index contributed by atoms with van der Waals surface area (Å²) in [4.78, 5) is 11.9. The van der Waals surface area contributed by atoms with E-state index in [0.717, 1.165) is 17.0 Å². The van der Waals surface area contributed by atoms with Gasteiger partial charge in [0.15, 0.2) is 6.61 Å². The van der Waals surface area contributed by atoms with Crippen molar-refractivity contribution in [3.05, 3.63) is 77.4 Å². The van der Waals surface area contributed by atoms with Crippen LogP contribution >= 0.6 is 11.9 Å². The van der Waals surface area contributed by atoms with E-state index in [-0.39, 0.29) is 12.0 Å². The summed E-state index contributed by atoms with van der Waals surface area (Å²) in [6.07, 6.45) is 0. The van der Waals surface area contributed by atoms with E-state index in [1.54, 1.807) is 11.9 Å². The molecule has 3 aromatic carbocycles. The number of benzene rings is 3. The van der Waals surface area contributed by atoms with Crippen molar-refractivity contribution in [2.24, 2.45) is 5.41 Å². The number of fused-ring (bicyclic) bond motifs is 1. The lowest BCUT2D eigenvalue weighted by Gasteiger charge is -2.28. The summed E-state index contributed by atoms with van der Waals surface area (Å²) in [6, 6.07) is 21.5. The maximum atomic E-state index is 10.8. The lowest BCUT2D eigenvalue weighted by molar-refractivity contribution is -0.139. The fourth-order valence-corrected chi connectivity index (χ4v) is 5.38. The molecule has 0 amide bonds. The van der Waals surface area contributed by atoms with E-state index in [0.29, 0.717) is 11.7 Å². The Balaban J connectivity index is 1.62. The molecule has 0 saturated carbocycles. The standard InChI is InChI=1S/C28H31NO3S/c1-18-6-8-20(9-7-18)21-10-12-25-23(15-21)24(28(3,4)5)16-29(25)33-22-11-13-26(19(2)14-22)32-17-27(30)31/h6-15,24H,16-17H2,1-5H3,(H,30,31). The molecule has 0 radical (unpaired) electrons. The molecule has 1 unspecified atom stereocenters. The van der Waals surface area contributed by atoms with Gasteiger partial charge in [0, 0.05) is 17.4 Å². The van der Waals surface area contributed by atoms with Gasteiger partial charge in [-0.2, -0.15) is 0 Å². The van der Waals surface area contributed by atoms with Crippen LogP contribution in [0, 0.1) is 19.3 Å². The van der Waals surface area contributed by atoms with Crippen LogP contribution < -0.4 is 9.04 Å². The Bertz CT molecular complexity index is 1160. The van der Waals surface area contributed by atoms with Crippen LogP contribution in [0.1, 0.15) is 43.4 Å². The van der Waals surface area contributed by atoms with Crippen molar-refractivity contribution in [1.82, 2.24) is 0 Å². The van der Waals surface area contributed by atoms with Crippen LogP contribution in [0.15, 0.2) is 65.6 Å². The maximum Gasteiger partial charge on any atom is 0.341 e. The summed E-state index contributed by atoms with van der Waals surface area (Å²) in [5.41, 5.74) is 7.50. The van der Waals surface area contributed by atoms with E-state index in [1.807, 2.05) is 19.1 Å². The van der Waals surface area contributed by atoms with Gasteiger partial charge in [0.05, 0.1) is 5.69 Å². The molecule has 0 saturated heterocycles. The third kappa shape index (κ3) is 5.19. The second-order valence-electron chi connectivity index (χ2n) is 9.82. The molecule has 0 fully saturated rings. The lowest BCUT2D eigenvalue weighted by Crippen LogP contribution is -2.23. The van der Waals surface area contributed by atoms with Gasteiger partial charge >= 0.3 is 5.97 Å². The second kappa shape index (κ2) is 9.14. The number of carboxylic acid groups (broad SMARTS) is 1. The largest absolute Gasteiger partial charge is 0.482 e. The Morgan fingerprint density at radius 2 is 1.73 bits per heavy atom. The van der Waals surface area contributed by atoms with Crippen LogP contribution in [0.4, 0.5) is 5.69 Å². The minimum atomic E-state index is -0.972. The molecule has 172 valence electrons. The second-order valence-corrected chi connectivity index (χ2v) is 10.9. The Hall–Kier alpha value is -2.92. The van der Waals surface area contributed by atoms with Crippen LogP contribution in [0.25, 0.3) is 11.1 Å². The fourth-order valence-electron chi connectivity index (χ4n) is 4.28. The maximum absolute atomic E-state index is 10.8. The zero-order valence-corrected chi connectivity index (χ0v) is 20.7. The topological polar surface area (TPSA) is 49.8 Å². The first-order chi connectivity index (χ1) is 15.6. The van der Waals surface area contributed by atoms with Crippen molar-refractivity contribution in [2.75, 3.05) is 17.5 Å². The molecule has 3 aromatic rings. The van der Waals surface area contributed by atoms with E-state index in [4.69, 9.17) is 9.84 Å². The average molecular weight is 462 g/mol. The lowest BCUT2D eigenvalue weighted by atomic mass is 9.77. The average Bonchev–Trinajstić information content (AvgIpc) is 3.12. The molecule has 1 heterocycles. The predicted octanol–water partition coefficient (Wildman–Crippen LogP) is 7.09. The summed E-state index contributed by atoms with van der Waals surface area (Å²) in [5.74, 6) is 0.0586. The quantitative estimate of drug-likeness (QED) is 0.397. The van der Waals surface area contributed by atoms with Gasteiger partial charge in [-0.15, -0.1) is 0 Å². The van der Waals surface area contributed by atoms with Crippen LogP contribution in [-0.2, 0) is 4.79 Å². The fraction of sp³-hybridized carbons (Fsp3) is 0.321. The van der Waals surface area contributed by atoms with E-state index < -0.39 is 5.97 Å². The highest BCUT2D eigenvalue weighted by Crippen LogP contribution is 2.50. The Labute approximate surface area is 200 Å². The van der Waals surface area contributed by atoms with Crippen LogP contribution in [0.2, 0.25) is 0 Å². The molecule has 0 aliphatic carbocycles. The Morgan fingerprint density at radius 3 is 2.36 bits per heavy atom. The molecule has 4 nitrogen and oxygen atoms in total. The van der Waals surface area contributed by atoms with Gasteiger partial charge in [0.2, 0.25) is 0 Å². The van der Waals surface area contributed by atoms with Gasteiger partial charge in [-0.05, 0) is 83.8 Å². The summed E-state index contributed by atoms with van der Waals surface area (Å²) < 4.78 is 7.77. The van der Waals surface area contributed by atoms with Crippen molar-refractivity contribution in [3.63, 3.8) is 0 Å². The normalized spacial score (nSPS) is 15.4. The molecule has 1 atom stereocenters. The van der Waals surface area contributed by atoms with E-state index >= 15 is 0 Å². The van der Waals surface area contributed by atoms with Crippen molar-refractivity contribution in [3.8, 4) is 16.9 Å². The number of carboxylic acids is 1. The van der Waals surface area contributed by atoms with E-state index in [9.17, 15) is 4.79 Å². The molecular formula is C28H31NO3S. The Kier molecular flexibility index (Phi) is 6.44. The third-order valence-electron chi connectivity index (χ3n) is 6.16. The molecule has 1 aliphatic rings. The zero-order chi connectivity index (χ0) is 23.8. The highest BCUT2D eigenvalue weighted by atomic mass is 32.2. The highest BCUT2D eigenvalue weighted by molar-refractivity contribution is 8.00. The number of anilines is 1. The number of nitrogens with zero attached hydrogens (tertiary/aromatic N) is 1. The molecule has 5 heteroatoms. The van der Waals surface area contributed by atoms with Gasteiger partial charge in [-0.1, -0.05) is 56.7 Å². The summed E-state index contributed by atoms with van der Waals surface area (Å²) >= 11 is 1.73. The number of aryl methyl sites for hydroxylation is 2. The minimum absolute atomic E-state index is 0.139. The van der Waals surface area contributed by atoms with Crippen molar-refractivity contribution in [1.29, 1.82) is 0 Å². The monoisotopic (exact) mass is 461 g/mol. The number of hydrogen-bond acceptors (Lipinski definition) is 4. The summed E-state index contributed by atoms with van der Waals surface area (Å²) in [7, 11) is 0. The van der Waals surface area contributed by atoms with Gasteiger partial charge < -0.3 is 14.1 Å².